The Morgan fingerprint density at radius 2 is 1.91 bits per heavy atom. The quantitative estimate of drug-likeness (QED) is 0.0645. The lowest BCUT2D eigenvalue weighted by Crippen LogP contribution is -2.57. The summed E-state index contributed by atoms with van der Waals surface area (Å²) >= 11 is 1.47. The number of hydrogen-bond acceptors (Lipinski definition) is 11. The molecule has 0 aliphatic heterocycles. The summed E-state index contributed by atoms with van der Waals surface area (Å²) < 4.78 is 27.8. The molecule has 2 heterocycles. The molecule has 47 heavy (non-hydrogen) atoms. The smallest absolute Gasteiger partial charge is 0.255 e. The molecule has 1 aliphatic carbocycles. The van der Waals surface area contributed by atoms with Gasteiger partial charge < -0.3 is 25.0 Å². The van der Waals surface area contributed by atoms with Crippen molar-refractivity contribution in [1.82, 2.24) is 29.7 Å². The van der Waals surface area contributed by atoms with E-state index in [1.54, 1.807) is 43.6 Å². The number of nitrogens with one attached hydrogen (secondary N) is 2. The molecule has 0 bridgehead atoms. The maximum Gasteiger partial charge on any atom is 0.255 e. The fourth-order valence-electron chi connectivity index (χ4n) is 5.26. The van der Waals surface area contributed by atoms with Crippen molar-refractivity contribution in [1.29, 1.82) is 0 Å². The van der Waals surface area contributed by atoms with Gasteiger partial charge in [0.1, 0.15) is 23.8 Å². The van der Waals surface area contributed by atoms with Crippen LogP contribution in [0.4, 0.5) is 10.3 Å². The molecule has 2 unspecified atom stereocenters. The largest absolute Gasteiger partial charge is 0.495 e. The summed E-state index contributed by atoms with van der Waals surface area (Å²) in [5.41, 5.74) is 1.99. The molecule has 2 N–H and O–H groups in total. The summed E-state index contributed by atoms with van der Waals surface area (Å²) in [6.07, 6.45) is 7.35. The molecule has 15 heteroatoms. The number of benzene rings is 1. The second-order valence-electron chi connectivity index (χ2n) is 12.8. The lowest BCUT2D eigenvalue weighted by atomic mass is 9.82. The molecule has 0 spiro atoms. The normalized spacial score (nSPS) is 18.2. The Kier molecular flexibility index (Phi) is 11.9. The van der Waals surface area contributed by atoms with Gasteiger partial charge in [0, 0.05) is 37.4 Å². The van der Waals surface area contributed by atoms with Crippen molar-refractivity contribution < 1.29 is 18.8 Å². The van der Waals surface area contributed by atoms with Crippen molar-refractivity contribution in [2.24, 2.45) is 0 Å². The van der Waals surface area contributed by atoms with Gasteiger partial charge in [0.2, 0.25) is 5.95 Å². The van der Waals surface area contributed by atoms with E-state index in [4.69, 9.17) is 19.4 Å². The molecule has 0 fully saturated rings. The number of imidazole rings is 1. The molecule has 2 aromatic heterocycles. The number of hydrogen-bond donors (Lipinski definition) is 2. The molecular weight excluding hydrogens is 640 g/mol. The Morgan fingerprint density at radius 1 is 1.19 bits per heavy atom. The van der Waals surface area contributed by atoms with Gasteiger partial charge in [-0.1, -0.05) is 31.4 Å². The first-order valence-electron chi connectivity index (χ1n) is 15.4. The standard InChI is InChI=1S/C32H45FN8O4SSi/c1-34-32(14-16-39(2)3)20-26(44-4)25(19-27(32)41(42)43)37-30-35-15-13-24(36-30)29-28(22-9-11-23(33)12-10-22)38-31(46-5)40(29)21-45-17-18-47(6,7)8/h9-13,15,19-20,27,34H,14,16-18,21H2,1-8H3,(H,35,36,37). The highest BCUT2D eigenvalue weighted by Crippen LogP contribution is 2.36. The van der Waals surface area contributed by atoms with Crippen LogP contribution >= 0.6 is 11.8 Å². The second-order valence-corrected chi connectivity index (χ2v) is 19.2. The Hall–Kier alpha value is -3.63. The first-order chi connectivity index (χ1) is 22.3. The van der Waals surface area contributed by atoms with E-state index in [9.17, 15) is 14.5 Å². The van der Waals surface area contributed by atoms with Crippen molar-refractivity contribution in [3.05, 3.63) is 76.1 Å². The molecule has 1 aromatic carbocycles. The minimum Gasteiger partial charge on any atom is -0.495 e. The van der Waals surface area contributed by atoms with Crippen LogP contribution in [0.5, 0.6) is 0 Å². The fraction of sp³-hybridized carbons (Fsp3) is 0.469. The molecule has 4 rings (SSSR count). The van der Waals surface area contributed by atoms with Gasteiger partial charge in [0.25, 0.3) is 6.04 Å². The van der Waals surface area contributed by atoms with E-state index in [1.165, 1.54) is 31.0 Å². The highest BCUT2D eigenvalue weighted by Gasteiger charge is 2.46. The van der Waals surface area contributed by atoms with Crippen LogP contribution in [0.1, 0.15) is 6.42 Å². The van der Waals surface area contributed by atoms with Gasteiger partial charge in [-0.3, -0.25) is 14.7 Å². The molecule has 1 aliphatic rings. The summed E-state index contributed by atoms with van der Waals surface area (Å²) in [5.74, 6) is 0.303. The topological polar surface area (TPSA) is 133 Å². The zero-order valence-electron chi connectivity index (χ0n) is 28.3. The maximum atomic E-state index is 13.9. The Balaban J connectivity index is 1.75. The zero-order chi connectivity index (χ0) is 34.4. The van der Waals surface area contributed by atoms with Gasteiger partial charge in [0.05, 0.1) is 29.9 Å². The monoisotopic (exact) mass is 684 g/mol. The van der Waals surface area contributed by atoms with E-state index >= 15 is 0 Å². The fourth-order valence-corrected chi connectivity index (χ4v) is 6.57. The van der Waals surface area contributed by atoms with Crippen LogP contribution in [0.2, 0.25) is 25.7 Å². The van der Waals surface area contributed by atoms with Crippen molar-refractivity contribution in [3.63, 3.8) is 0 Å². The third kappa shape index (κ3) is 8.84. The van der Waals surface area contributed by atoms with E-state index in [2.05, 4.69) is 35.3 Å². The van der Waals surface area contributed by atoms with E-state index in [1.807, 2.05) is 29.8 Å². The van der Waals surface area contributed by atoms with Gasteiger partial charge in [0.15, 0.2) is 5.16 Å². The number of nitro groups is 1. The molecule has 254 valence electrons. The minimum absolute atomic E-state index is 0.215. The molecule has 2 atom stereocenters. The van der Waals surface area contributed by atoms with Crippen molar-refractivity contribution >= 4 is 25.8 Å². The van der Waals surface area contributed by atoms with E-state index in [0.717, 1.165) is 16.8 Å². The third-order valence-corrected chi connectivity index (χ3v) is 10.4. The summed E-state index contributed by atoms with van der Waals surface area (Å²) in [4.78, 5) is 28.2. The van der Waals surface area contributed by atoms with Crippen molar-refractivity contribution in [3.8, 4) is 22.6 Å². The highest BCUT2D eigenvalue weighted by atomic mass is 32.2. The van der Waals surface area contributed by atoms with Crippen LogP contribution < -0.4 is 10.6 Å². The number of thioether (sulfide) groups is 1. The predicted molar refractivity (Wildman–Crippen MR) is 187 cm³/mol. The molecule has 0 saturated carbocycles. The number of halogens is 1. The van der Waals surface area contributed by atoms with Crippen LogP contribution in [0.25, 0.3) is 22.6 Å². The summed E-state index contributed by atoms with van der Waals surface area (Å²) in [5, 5.41) is 19.4. The molecule has 0 amide bonds. The first-order valence-corrected chi connectivity index (χ1v) is 20.3. The summed E-state index contributed by atoms with van der Waals surface area (Å²) in [6.45, 7) is 8.40. The lowest BCUT2D eigenvalue weighted by Gasteiger charge is -2.36. The highest BCUT2D eigenvalue weighted by molar-refractivity contribution is 7.98. The molecule has 12 nitrogen and oxygen atoms in total. The van der Waals surface area contributed by atoms with Crippen LogP contribution in [-0.4, -0.2) is 96.7 Å². The predicted octanol–water partition coefficient (Wildman–Crippen LogP) is 5.58. The molecular formula is C32H45FN8O4SSi. The van der Waals surface area contributed by atoms with Crippen LogP contribution in [0.3, 0.4) is 0 Å². The third-order valence-electron chi connectivity index (χ3n) is 7.99. The lowest BCUT2D eigenvalue weighted by molar-refractivity contribution is -0.519. The van der Waals surface area contributed by atoms with Gasteiger partial charge in [-0.2, -0.15) is 0 Å². The SMILES string of the molecule is CNC1(CCN(C)C)C=C(OC)C(Nc2nccc(-c3c(-c4ccc(F)cc4)nc(SC)n3COCC[Si](C)(C)C)n2)=CC1[N+](=O)[O-]. The van der Waals surface area contributed by atoms with Gasteiger partial charge in [-0.15, -0.1) is 0 Å². The molecule has 3 aromatic rings. The number of ether oxygens (including phenoxy) is 2. The number of methoxy groups -OCH3 is 1. The zero-order valence-corrected chi connectivity index (χ0v) is 30.2. The minimum atomic E-state index is -1.31. The summed E-state index contributed by atoms with van der Waals surface area (Å²) in [7, 11) is 5.79. The summed E-state index contributed by atoms with van der Waals surface area (Å²) in [6, 6.07) is 7.88. The van der Waals surface area contributed by atoms with E-state index in [0.29, 0.717) is 48.1 Å². The van der Waals surface area contributed by atoms with E-state index in [-0.39, 0.29) is 23.4 Å². The number of anilines is 1. The number of aromatic nitrogens is 4. The second kappa shape index (κ2) is 15.5. The van der Waals surface area contributed by atoms with Crippen LogP contribution in [0, 0.1) is 15.9 Å². The number of nitrogens with zero attached hydrogens (tertiary/aromatic N) is 6. The Labute approximate surface area is 281 Å². The van der Waals surface area contributed by atoms with Crippen molar-refractivity contribution in [2.75, 3.05) is 53.0 Å². The Bertz CT molecular complexity index is 1610. The molecule has 0 saturated heterocycles. The average Bonchev–Trinajstić information content (AvgIpc) is 3.40. The number of likely N-dealkylation sites (N-methyl/N-ethyl adjacent to an activating group) is 1. The Morgan fingerprint density at radius 3 is 2.51 bits per heavy atom. The van der Waals surface area contributed by atoms with Crippen LogP contribution in [-0.2, 0) is 16.2 Å². The van der Waals surface area contributed by atoms with Crippen LogP contribution in [0.15, 0.2) is 65.3 Å². The van der Waals surface area contributed by atoms with Gasteiger partial charge >= 0.3 is 0 Å². The van der Waals surface area contributed by atoms with Gasteiger partial charge in [-0.05, 0) is 82.8 Å². The van der Waals surface area contributed by atoms with Crippen molar-refractivity contribution in [2.45, 2.75) is 55.6 Å². The number of rotatable bonds is 16. The first kappa shape index (κ1) is 36.2. The molecule has 0 radical (unpaired) electrons. The van der Waals surface area contributed by atoms with E-state index < -0.39 is 19.7 Å². The van der Waals surface area contributed by atoms with Gasteiger partial charge in [-0.25, -0.2) is 19.3 Å². The maximum absolute atomic E-state index is 13.9. The average molecular weight is 685 g/mol.